The van der Waals surface area contributed by atoms with Crippen LogP contribution in [0.1, 0.15) is 29.6 Å². The third kappa shape index (κ3) is 6.02. The molecule has 0 aromatic heterocycles. The van der Waals surface area contributed by atoms with Crippen molar-refractivity contribution in [2.24, 2.45) is 5.92 Å². The van der Waals surface area contributed by atoms with E-state index in [0.29, 0.717) is 36.1 Å². The SMILES string of the molecule is COc1cc(OC)cc(C(=O)NCCCOCC2CCOCC2)c1. The Bertz CT molecular complexity index is 492. The minimum absolute atomic E-state index is 0.142. The van der Waals surface area contributed by atoms with E-state index in [1.807, 2.05) is 0 Å². The summed E-state index contributed by atoms with van der Waals surface area (Å²) in [6, 6.07) is 5.12. The lowest BCUT2D eigenvalue weighted by Gasteiger charge is -2.21. The summed E-state index contributed by atoms with van der Waals surface area (Å²) in [5.41, 5.74) is 0.523. The zero-order valence-electron chi connectivity index (χ0n) is 14.5. The number of hydrogen-bond acceptors (Lipinski definition) is 5. The highest BCUT2D eigenvalue weighted by atomic mass is 16.5. The molecule has 1 N–H and O–H groups in total. The number of amides is 1. The van der Waals surface area contributed by atoms with Gasteiger partial charge in [-0.15, -0.1) is 0 Å². The van der Waals surface area contributed by atoms with Crippen LogP contribution >= 0.6 is 0 Å². The first-order valence-electron chi connectivity index (χ1n) is 8.39. The van der Waals surface area contributed by atoms with Crippen molar-refractivity contribution in [3.8, 4) is 11.5 Å². The largest absolute Gasteiger partial charge is 0.497 e. The third-order valence-corrected chi connectivity index (χ3v) is 4.06. The second kappa shape index (κ2) is 10.2. The molecular weight excluding hydrogens is 310 g/mol. The molecule has 1 amide bonds. The summed E-state index contributed by atoms with van der Waals surface area (Å²) < 4.78 is 21.4. The first-order valence-corrected chi connectivity index (χ1v) is 8.39. The van der Waals surface area contributed by atoms with Gasteiger partial charge in [-0.05, 0) is 37.3 Å². The maximum absolute atomic E-state index is 12.2. The Morgan fingerprint density at radius 2 is 1.83 bits per heavy atom. The standard InChI is InChI=1S/C18H27NO5/c1-21-16-10-15(11-17(12-16)22-2)18(20)19-6-3-7-24-13-14-4-8-23-9-5-14/h10-12,14H,3-9,13H2,1-2H3,(H,19,20). The van der Waals surface area contributed by atoms with Crippen LogP contribution in [0.2, 0.25) is 0 Å². The van der Waals surface area contributed by atoms with Crippen LogP contribution in [0.5, 0.6) is 11.5 Å². The van der Waals surface area contributed by atoms with Gasteiger partial charge in [-0.3, -0.25) is 4.79 Å². The van der Waals surface area contributed by atoms with Crippen molar-refractivity contribution in [2.75, 3.05) is 47.2 Å². The van der Waals surface area contributed by atoms with Crippen molar-refractivity contribution in [1.29, 1.82) is 0 Å². The molecule has 6 heteroatoms. The molecule has 0 spiro atoms. The third-order valence-electron chi connectivity index (χ3n) is 4.06. The Labute approximate surface area is 143 Å². The smallest absolute Gasteiger partial charge is 0.251 e. The van der Waals surface area contributed by atoms with E-state index in [0.717, 1.165) is 39.1 Å². The Balaban J connectivity index is 1.65. The fourth-order valence-electron chi connectivity index (χ4n) is 2.58. The van der Waals surface area contributed by atoms with Gasteiger partial charge < -0.3 is 24.3 Å². The van der Waals surface area contributed by atoms with E-state index in [1.54, 1.807) is 32.4 Å². The monoisotopic (exact) mass is 337 g/mol. The fraction of sp³-hybridized carbons (Fsp3) is 0.611. The summed E-state index contributed by atoms with van der Waals surface area (Å²) >= 11 is 0. The van der Waals surface area contributed by atoms with Gasteiger partial charge in [-0.1, -0.05) is 0 Å². The number of carbonyl (C=O) groups excluding carboxylic acids is 1. The number of methoxy groups -OCH3 is 2. The molecule has 1 aromatic rings. The first kappa shape index (κ1) is 18.5. The molecule has 1 aliphatic heterocycles. The van der Waals surface area contributed by atoms with Crippen molar-refractivity contribution in [2.45, 2.75) is 19.3 Å². The van der Waals surface area contributed by atoms with Crippen LogP contribution < -0.4 is 14.8 Å². The molecule has 134 valence electrons. The van der Waals surface area contributed by atoms with Crippen LogP contribution in [0.25, 0.3) is 0 Å². The van der Waals surface area contributed by atoms with E-state index in [9.17, 15) is 4.79 Å². The highest BCUT2D eigenvalue weighted by Gasteiger charge is 2.13. The van der Waals surface area contributed by atoms with E-state index in [-0.39, 0.29) is 5.91 Å². The molecule has 0 atom stereocenters. The van der Waals surface area contributed by atoms with Crippen LogP contribution in [0.4, 0.5) is 0 Å². The molecule has 1 fully saturated rings. The average molecular weight is 337 g/mol. The predicted octanol–water partition coefficient (Wildman–Crippen LogP) is 2.27. The van der Waals surface area contributed by atoms with Gasteiger partial charge in [-0.2, -0.15) is 0 Å². The van der Waals surface area contributed by atoms with E-state index >= 15 is 0 Å². The van der Waals surface area contributed by atoms with Gasteiger partial charge in [0.05, 0.1) is 14.2 Å². The number of nitrogens with one attached hydrogen (secondary N) is 1. The average Bonchev–Trinajstić information content (AvgIpc) is 2.64. The Morgan fingerprint density at radius 3 is 2.46 bits per heavy atom. The second-order valence-electron chi connectivity index (χ2n) is 5.84. The van der Waals surface area contributed by atoms with Crippen LogP contribution in [0.3, 0.4) is 0 Å². The van der Waals surface area contributed by atoms with Crippen molar-refractivity contribution >= 4 is 5.91 Å². The molecule has 1 saturated heterocycles. The molecule has 6 nitrogen and oxygen atoms in total. The topological polar surface area (TPSA) is 66.0 Å². The van der Waals surface area contributed by atoms with E-state index in [4.69, 9.17) is 18.9 Å². The molecule has 1 heterocycles. The number of hydrogen-bond donors (Lipinski definition) is 1. The summed E-state index contributed by atoms with van der Waals surface area (Å²) in [7, 11) is 3.12. The summed E-state index contributed by atoms with van der Waals surface area (Å²) in [6.07, 6.45) is 2.94. The van der Waals surface area contributed by atoms with Crippen molar-refractivity contribution < 1.29 is 23.7 Å². The zero-order valence-corrected chi connectivity index (χ0v) is 14.5. The van der Waals surface area contributed by atoms with Crippen LogP contribution in [0.15, 0.2) is 18.2 Å². The summed E-state index contributed by atoms with van der Waals surface area (Å²) in [6.45, 7) is 3.69. The zero-order chi connectivity index (χ0) is 17.2. The van der Waals surface area contributed by atoms with Crippen LogP contribution in [-0.2, 0) is 9.47 Å². The Hall–Kier alpha value is -1.79. The van der Waals surface area contributed by atoms with Gasteiger partial charge in [0, 0.05) is 44.6 Å². The highest BCUT2D eigenvalue weighted by molar-refractivity contribution is 5.95. The lowest BCUT2D eigenvalue weighted by Crippen LogP contribution is -2.26. The van der Waals surface area contributed by atoms with Gasteiger partial charge in [-0.25, -0.2) is 0 Å². The van der Waals surface area contributed by atoms with Crippen molar-refractivity contribution in [1.82, 2.24) is 5.32 Å². The first-order chi connectivity index (χ1) is 11.7. The molecular formula is C18H27NO5. The van der Waals surface area contributed by atoms with Gasteiger partial charge in [0.2, 0.25) is 0 Å². The number of benzene rings is 1. The maximum Gasteiger partial charge on any atom is 0.251 e. The highest BCUT2D eigenvalue weighted by Crippen LogP contribution is 2.22. The molecule has 1 aromatic carbocycles. The maximum atomic E-state index is 12.2. The van der Waals surface area contributed by atoms with Crippen LogP contribution in [-0.4, -0.2) is 53.1 Å². The van der Waals surface area contributed by atoms with E-state index in [1.165, 1.54) is 0 Å². The quantitative estimate of drug-likeness (QED) is 0.700. The fourth-order valence-corrected chi connectivity index (χ4v) is 2.58. The van der Waals surface area contributed by atoms with Gasteiger partial charge in [0.15, 0.2) is 0 Å². The van der Waals surface area contributed by atoms with Crippen molar-refractivity contribution in [3.05, 3.63) is 23.8 Å². The number of rotatable bonds is 9. The van der Waals surface area contributed by atoms with E-state index < -0.39 is 0 Å². The van der Waals surface area contributed by atoms with Gasteiger partial charge in [0.25, 0.3) is 5.91 Å². The molecule has 0 aliphatic carbocycles. The molecule has 24 heavy (non-hydrogen) atoms. The molecule has 0 radical (unpaired) electrons. The Morgan fingerprint density at radius 1 is 1.17 bits per heavy atom. The normalized spacial score (nSPS) is 15.1. The molecule has 1 aliphatic rings. The lowest BCUT2D eigenvalue weighted by molar-refractivity contribution is 0.0202. The summed E-state index contributed by atoms with van der Waals surface area (Å²) in [5.74, 6) is 1.66. The molecule has 2 rings (SSSR count). The van der Waals surface area contributed by atoms with Crippen molar-refractivity contribution in [3.63, 3.8) is 0 Å². The van der Waals surface area contributed by atoms with Crippen LogP contribution in [0, 0.1) is 5.92 Å². The predicted molar refractivity (Wildman–Crippen MR) is 90.9 cm³/mol. The minimum atomic E-state index is -0.142. The molecule has 0 saturated carbocycles. The van der Waals surface area contributed by atoms with E-state index in [2.05, 4.69) is 5.32 Å². The minimum Gasteiger partial charge on any atom is -0.497 e. The number of carbonyl (C=O) groups is 1. The molecule has 0 bridgehead atoms. The Kier molecular flexibility index (Phi) is 7.85. The lowest BCUT2D eigenvalue weighted by atomic mass is 10.0. The van der Waals surface area contributed by atoms with Gasteiger partial charge in [0.1, 0.15) is 11.5 Å². The molecule has 0 unspecified atom stereocenters. The second-order valence-corrected chi connectivity index (χ2v) is 5.84. The number of ether oxygens (including phenoxy) is 4. The van der Waals surface area contributed by atoms with Gasteiger partial charge >= 0.3 is 0 Å². The summed E-state index contributed by atoms with van der Waals surface area (Å²) in [5, 5.41) is 2.89. The summed E-state index contributed by atoms with van der Waals surface area (Å²) in [4.78, 5) is 12.2.